The van der Waals surface area contributed by atoms with Gasteiger partial charge in [-0.25, -0.2) is 79.7 Å². The number of rotatable bonds is 9. The second-order valence-electron chi connectivity index (χ2n) is 30.7. The molecule has 0 aliphatic rings. The molecule has 0 aliphatic carbocycles. The Bertz CT molecular complexity index is 9370. The van der Waals surface area contributed by atoms with Crippen LogP contribution in [0.2, 0.25) is 0 Å². The summed E-state index contributed by atoms with van der Waals surface area (Å²) in [6.45, 7) is 40.1. The molecule has 10 aromatic carbocycles. The van der Waals surface area contributed by atoms with Crippen molar-refractivity contribution in [2.24, 2.45) is 0 Å². The maximum absolute atomic E-state index is 10.2. The van der Waals surface area contributed by atoms with Gasteiger partial charge in [-0.2, -0.15) is 42.1 Å². The highest BCUT2D eigenvalue weighted by Gasteiger charge is 2.32. The lowest BCUT2D eigenvalue weighted by Gasteiger charge is -2.25. The van der Waals surface area contributed by atoms with Crippen LogP contribution in [0.25, 0.3) is 186 Å². The number of fused-ring (bicyclic) bond motifs is 24. The molecule has 0 saturated carbocycles. The first-order valence-electron chi connectivity index (χ1n) is 42.2. The van der Waals surface area contributed by atoms with Crippen LogP contribution >= 0.6 is 0 Å². The van der Waals surface area contributed by atoms with E-state index in [0.29, 0.717) is 145 Å². The van der Waals surface area contributed by atoms with Crippen LogP contribution in [0.5, 0.6) is 17.5 Å². The van der Waals surface area contributed by atoms with Crippen molar-refractivity contribution in [2.45, 2.75) is 41.5 Å². The Morgan fingerprint density at radius 3 is 0.782 bits per heavy atom. The minimum Gasteiger partial charge on any atom is -0.479 e. The summed E-state index contributed by atoms with van der Waals surface area (Å²) in [5.41, 5.74) is 15.0. The van der Waals surface area contributed by atoms with E-state index in [1.54, 1.807) is 65.8 Å². The van der Waals surface area contributed by atoms with Crippen LogP contribution in [-0.4, -0.2) is 127 Å². The lowest BCUT2D eigenvalue weighted by Crippen LogP contribution is -2.15. The van der Waals surface area contributed by atoms with Crippen LogP contribution in [0.15, 0.2) is 182 Å². The van der Waals surface area contributed by atoms with E-state index >= 15 is 0 Å². The number of ether oxygens (including phenoxy) is 2. The van der Waals surface area contributed by atoms with Gasteiger partial charge in [0.25, 0.3) is 35.0 Å². The quantitative estimate of drug-likeness (QED) is 0.0956. The van der Waals surface area contributed by atoms with E-state index in [1.807, 2.05) is 187 Å². The van der Waals surface area contributed by atoms with Crippen LogP contribution in [0.4, 0.5) is 40.5 Å². The van der Waals surface area contributed by atoms with Crippen molar-refractivity contribution in [3.63, 3.8) is 0 Å². The standard InChI is InChI=1S/C33H15N9.C29H16N10.C23H11N9O.C18H9N9O/c1-36-33-26(21-15-9-4-10-16-21)41-31-28-29(39-24(22(17-34)38-28)19-11-5-2-6-12-19)27-30(32(31)42-33)40-25(23(18-35)37-27)20-13-7-3-8-14-20;1-16-20(14-30)35-24-22(33-16)26-23(34-17(2)28(32-3)37-26)25-27(24)38-29(21(15-31)36-25)39(18-10-6-4-7-11-18)19-12-8-5-9-13-19;1-11-14(9-24)29-18-16(27-11)20-17(28-12(2)22(26-3)31-20)19-21(18)32-23(15(10-25)30-19)33-13-7-5-4-6-8-13;1-7-9(5-19)24-13-11(22-7)15-12(23-8(2)17(21-3)26-15)14-16(13)27-18(28-4)10(6-20)25-14/h2-16H;4-13H,1-2H3;4-8H,1-2H3;1-2,4H3. The van der Waals surface area contributed by atoms with Gasteiger partial charge in [0, 0.05) is 22.5 Å². The molecule has 0 saturated heterocycles. The first kappa shape index (κ1) is 88.8. The number of para-hydroxylation sites is 3. The highest BCUT2D eigenvalue weighted by molar-refractivity contribution is 6.22. The lowest BCUT2D eigenvalue weighted by atomic mass is 10.1. The highest BCUT2D eigenvalue weighted by atomic mass is 16.5. The number of nitrogens with zero attached hydrogens (tertiary/aromatic N) is 37. The molecule has 22 aromatic rings. The molecule has 0 unspecified atom stereocenters. The summed E-state index contributed by atoms with van der Waals surface area (Å²) >= 11 is 0. The zero-order valence-corrected chi connectivity index (χ0v) is 74.7. The Morgan fingerprint density at radius 1 is 0.225 bits per heavy atom. The van der Waals surface area contributed by atoms with E-state index < -0.39 is 0 Å². The number of nitriles is 8. The lowest BCUT2D eigenvalue weighted by molar-refractivity contribution is 0.396. The van der Waals surface area contributed by atoms with Crippen molar-refractivity contribution in [2.75, 3.05) is 12.0 Å². The molecule has 660 valence electrons. The minimum atomic E-state index is -0.0544. The van der Waals surface area contributed by atoms with Crippen LogP contribution < -0.4 is 14.4 Å². The Labute approximate surface area is 800 Å². The van der Waals surface area contributed by atoms with Crippen molar-refractivity contribution < 1.29 is 9.47 Å². The monoisotopic (exact) mass is 1840 g/mol. The van der Waals surface area contributed by atoms with Crippen LogP contribution in [0.3, 0.4) is 0 Å². The van der Waals surface area contributed by atoms with Crippen molar-refractivity contribution in [1.82, 2.24) is 120 Å². The maximum atomic E-state index is 10.2. The fourth-order valence-corrected chi connectivity index (χ4v) is 15.6. The first-order chi connectivity index (χ1) is 69.3. The van der Waals surface area contributed by atoms with Crippen molar-refractivity contribution in [1.29, 1.82) is 42.1 Å². The average Bonchev–Trinajstić information content (AvgIpc) is 0.727. The number of aromatic nitrogens is 24. The summed E-state index contributed by atoms with van der Waals surface area (Å²) in [6, 6.07) is 72.3. The van der Waals surface area contributed by atoms with Crippen molar-refractivity contribution >= 4 is 173 Å². The summed E-state index contributed by atoms with van der Waals surface area (Å²) in [4.78, 5) is 126. The zero-order valence-electron chi connectivity index (χ0n) is 74.7. The van der Waals surface area contributed by atoms with Crippen molar-refractivity contribution in [3.05, 3.63) is 307 Å². The molecule has 0 amide bonds. The van der Waals surface area contributed by atoms with E-state index in [1.165, 1.54) is 7.11 Å². The molecule has 0 fully saturated rings. The van der Waals surface area contributed by atoms with Gasteiger partial charge in [-0.15, -0.1) is 19.9 Å². The molecule has 39 nitrogen and oxygen atoms in total. The van der Waals surface area contributed by atoms with Crippen LogP contribution in [-0.2, 0) is 0 Å². The van der Waals surface area contributed by atoms with Gasteiger partial charge in [-0.05, 0) is 83.5 Å². The van der Waals surface area contributed by atoms with Gasteiger partial charge in [0.1, 0.15) is 176 Å². The molecule has 0 N–H and O–H groups in total. The number of methoxy groups -OCH3 is 1. The average molecular weight is 1840 g/mol. The summed E-state index contributed by atoms with van der Waals surface area (Å²) in [5.74, 6) is 1.21. The van der Waals surface area contributed by atoms with E-state index in [-0.39, 0.29) is 147 Å². The summed E-state index contributed by atoms with van der Waals surface area (Å²) in [5, 5.41) is 78.0. The molecule has 0 atom stereocenters. The summed E-state index contributed by atoms with van der Waals surface area (Å²) in [6.07, 6.45) is 0. The fraction of sp³-hybridized carbons (Fsp3) is 0.0680. The third-order valence-corrected chi connectivity index (χ3v) is 22.1. The SMILES string of the molecule is [C-]#[N+]c1nc2c3nc(-c4ccccc4)c(C#N)nc3c3nc(-c4ccccc4)c(C#N)nc3c2nc1-c1ccccc1.[C-]#[N+]c1nc2c3nc(C)c(C#N)nc3c3nc(N(c4ccccc4)c4ccccc4)c(C#N)nc3c2nc1C.[C-]#[N+]c1nc2c3nc(C)c(C#N)nc3c3nc(OC)c(C#N)nc3c2nc1C.[C-]#[N+]c1nc2c3nc(C)c(C#N)nc3c3nc(Oc4ccccc4)c(C#N)nc3c2nc1C. The van der Waals surface area contributed by atoms with Crippen molar-refractivity contribution in [3.8, 4) is 99.8 Å². The Kier molecular flexibility index (Phi) is 23.1. The summed E-state index contributed by atoms with van der Waals surface area (Å²) < 4.78 is 11.0. The van der Waals surface area contributed by atoms with Gasteiger partial charge in [0.15, 0.2) is 40.0 Å². The molecule has 0 bridgehead atoms. The predicted octanol–water partition coefficient (Wildman–Crippen LogP) is 19.4. The van der Waals surface area contributed by atoms with Gasteiger partial charge >= 0.3 is 0 Å². The number of hydrogen-bond acceptors (Lipinski definition) is 35. The van der Waals surface area contributed by atoms with Gasteiger partial charge in [-0.1, -0.05) is 172 Å². The molecule has 39 heteroatoms. The largest absolute Gasteiger partial charge is 0.479 e. The van der Waals surface area contributed by atoms with Gasteiger partial charge in [-0.3, -0.25) is 24.8 Å². The third kappa shape index (κ3) is 15.6. The number of benzene rings is 10. The highest BCUT2D eigenvalue weighted by Crippen LogP contribution is 2.44. The zero-order chi connectivity index (χ0) is 98.8. The first-order valence-corrected chi connectivity index (χ1v) is 42.2. The molecule has 0 spiro atoms. The number of hydrogen-bond donors (Lipinski definition) is 0. The fourth-order valence-electron chi connectivity index (χ4n) is 15.6. The molecule has 0 radical (unpaired) electrons. The Hall–Kier alpha value is -22.4. The van der Waals surface area contributed by atoms with E-state index in [2.05, 4.69) is 123 Å². The van der Waals surface area contributed by atoms with Gasteiger partial charge in [0.05, 0.1) is 47.0 Å². The van der Waals surface area contributed by atoms with Crippen LogP contribution in [0, 0.1) is 158 Å². The smallest absolute Gasteiger partial charge is 0.296 e. The molecule has 0 aliphatic heterocycles. The number of anilines is 3. The van der Waals surface area contributed by atoms with Gasteiger partial charge in [0.2, 0.25) is 33.5 Å². The maximum Gasteiger partial charge on any atom is 0.296 e. The molecule has 12 aromatic heterocycles. The molecular weight excluding hydrogens is 1790 g/mol. The second kappa shape index (κ2) is 37.0. The van der Waals surface area contributed by atoms with E-state index in [0.717, 1.165) is 11.4 Å². The number of aryl methyl sites for hydroxylation is 6. The third-order valence-electron chi connectivity index (χ3n) is 22.1. The topological polar surface area (TPSA) is 539 Å². The predicted molar refractivity (Wildman–Crippen MR) is 518 cm³/mol. The van der Waals surface area contributed by atoms with E-state index in [9.17, 15) is 42.1 Å². The molecule has 142 heavy (non-hydrogen) atoms. The summed E-state index contributed by atoms with van der Waals surface area (Å²) in [7, 11) is 1.38. The second-order valence-corrected chi connectivity index (χ2v) is 30.7. The Morgan fingerprint density at radius 2 is 0.458 bits per heavy atom. The molecule has 22 rings (SSSR count). The normalized spacial score (nSPS) is 10.7. The Balaban J connectivity index is 0.000000121. The van der Waals surface area contributed by atoms with Gasteiger partial charge < -0.3 is 28.9 Å². The van der Waals surface area contributed by atoms with E-state index in [4.69, 9.17) is 75.6 Å². The molecule has 12 heterocycles. The minimum absolute atomic E-state index is 0.0137. The van der Waals surface area contributed by atoms with Crippen LogP contribution in [0.1, 0.15) is 79.7 Å². The molecular formula is C103H51N37O2.